The average molecular weight is 248 g/mol. The fraction of sp³-hybridized carbons (Fsp3) is 1.00. The van der Waals surface area contributed by atoms with Gasteiger partial charge in [0.25, 0.3) is 0 Å². The Labute approximate surface area is 99.5 Å². The summed E-state index contributed by atoms with van der Waals surface area (Å²) in [7, 11) is -0.158. The smallest absolute Gasteiger partial charge is 0.331 e. The highest BCUT2D eigenvalue weighted by Crippen LogP contribution is 2.13. The van der Waals surface area contributed by atoms with E-state index >= 15 is 0 Å². The second-order valence-electron chi connectivity index (χ2n) is 4.70. The van der Waals surface area contributed by atoms with Crippen molar-refractivity contribution in [1.82, 2.24) is 0 Å². The van der Waals surface area contributed by atoms with Gasteiger partial charge in [0.15, 0.2) is 0 Å². The van der Waals surface area contributed by atoms with Crippen LogP contribution in [0.1, 0.15) is 19.8 Å². The molecule has 0 aromatic heterocycles. The highest BCUT2D eigenvalue weighted by molar-refractivity contribution is 6.64. The Bertz CT molecular complexity index is 194. The first-order chi connectivity index (χ1) is 7.53. The van der Waals surface area contributed by atoms with E-state index in [1.54, 1.807) is 7.11 Å². The summed E-state index contributed by atoms with van der Waals surface area (Å²) in [4.78, 5) is 0. The Morgan fingerprint density at radius 2 is 2.12 bits per heavy atom. The van der Waals surface area contributed by atoms with E-state index in [4.69, 9.17) is 18.3 Å². The second-order valence-corrected chi connectivity index (χ2v) is 8.15. The summed E-state index contributed by atoms with van der Waals surface area (Å²) in [5, 5.41) is 0. The molecule has 0 N–H and O–H groups in total. The van der Waals surface area contributed by atoms with E-state index in [9.17, 15) is 0 Å². The van der Waals surface area contributed by atoms with Crippen molar-refractivity contribution in [1.29, 1.82) is 0 Å². The predicted octanol–water partition coefficient (Wildman–Crippen LogP) is 1.94. The number of rotatable bonds is 9. The zero-order valence-electron chi connectivity index (χ0n) is 10.8. The van der Waals surface area contributed by atoms with E-state index in [0.29, 0.717) is 6.10 Å². The molecular weight excluding hydrogens is 224 g/mol. The normalized spacial score (nSPS) is 22.1. The highest BCUT2D eigenvalue weighted by Gasteiger charge is 2.25. The largest absolute Gasteiger partial charge is 0.398 e. The van der Waals surface area contributed by atoms with Gasteiger partial charge in [-0.15, -0.1) is 0 Å². The topological polar surface area (TPSA) is 40.2 Å². The van der Waals surface area contributed by atoms with E-state index in [0.717, 1.165) is 32.7 Å². The number of ether oxygens (including phenoxy) is 2. The Kier molecular flexibility index (Phi) is 5.92. The number of hydrogen-bond donors (Lipinski definition) is 0. The van der Waals surface area contributed by atoms with E-state index in [-0.39, 0.29) is 6.10 Å². The molecule has 1 aliphatic heterocycles. The van der Waals surface area contributed by atoms with Gasteiger partial charge in [-0.25, -0.2) is 0 Å². The summed E-state index contributed by atoms with van der Waals surface area (Å²) in [6, 6.07) is 0. The number of epoxide rings is 1. The molecule has 0 bridgehead atoms. The van der Waals surface area contributed by atoms with Gasteiger partial charge < -0.3 is 18.3 Å². The predicted molar refractivity (Wildman–Crippen MR) is 64.8 cm³/mol. The molecule has 0 aromatic rings. The molecule has 0 spiro atoms. The van der Waals surface area contributed by atoms with Crippen LogP contribution in [-0.2, 0) is 18.3 Å². The van der Waals surface area contributed by atoms with Crippen molar-refractivity contribution < 1.29 is 18.3 Å². The molecule has 0 aliphatic carbocycles. The SMILES string of the molecule is CO[Si](C)(C)OC(C)CCCOCC1CO1. The summed E-state index contributed by atoms with van der Waals surface area (Å²) in [6.07, 6.45) is 2.67. The van der Waals surface area contributed by atoms with Gasteiger partial charge in [-0.2, -0.15) is 0 Å². The molecule has 1 aliphatic rings. The van der Waals surface area contributed by atoms with Crippen LogP contribution < -0.4 is 0 Å². The molecule has 4 nitrogen and oxygen atoms in total. The maximum atomic E-state index is 5.86. The van der Waals surface area contributed by atoms with Gasteiger partial charge in [-0.05, 0) is 32.9 Å². The van der Waals surface area contributed by atoms with Gasteiger partial charge >= 0.3 is 8.56 Å². The zero-order valence-corrected chi connectivity index (χ0v) is 11.8. The highest BCUT2D eigenvalue weighted by atomic mass is 28.4. The lowest BCUT2D eigenvalue weighted by Gasteiger charge is -2.25. The Morgan fingerprint density at radius 3 is 2.69 bits per heavy atom. The van der Waals surface area contributed by atoms with Gasteiger partial charge in [0.1, 0.15) is 6.10 Å². The minimum Gasteiger partial charge on any atom is -0.398 e. The molecule has 2 unspecified atom stereocenters. The summed E-state index contributed by atoms with van der Waals surface area (Å²) >= 11 is 0. The molecule has 16 heavy (non-hydrogen) atoms. The average Bonchev–Trinajstić information content (AvgIpc) is 3.00. The number of hydrogen-bond acceptors (Lipinski definition) is 4. The lowest BCUT2D eigenvalue weighted by Crippen LogP contribution is -2.36. The van der Waals surface area contributed by atoms with Gasteiger partial charge in [-0.1, -0.05) is 0 Å². The van der Waals surface area contributed by atoms with Gasteiger partial charge in [0, 0.05) is 19.8 Å². The molecule has 1 fully saturated rings. The van der Waals surface area contributed by atoms with Crippen molar-refractivity contribution in [2.24, 2.45) is 0 Å². The zero-order chi connectivity index (χ0) is 12.0. The van der Waals surface area contributed by atoms with Crippen LogP contribution in [0.2, 0.25) is 13.1 Å². The molecule has 0 aromatic carbocycles. The molecule has 1 saturated heterocycles. The van der Waals surface area contributed by atoms with E-state index in [1.165, 1.54) is 0 Å². The fourth-order valence-electron chi connectivity index (χ4n) is 1.44. The summed E-state index contributed by atoms with van der Waals surface area (Å²) in [5.41, 5.74) is 0. The van der Waals surface area contributed by atoms with Crippen molar-refractivity contribution >= 4 is 8.56 Å². The molecule has 1 heterocycles. The van der Waals surface area contributed by atoms with Gasteiger partial charge in [-0.3, -0.25) is 0 Å². The van der Waals surface area contributed by atoms with Crippen molar-refractivity contribution in [2.75, 3.05) is 26.9 Å². The molecular formula is C11H24O4Si. The van der Waals surface area contributed by atoms with Crippen molar-refractivity contribution in [3.8, 4) is 0 Å². The molecule has 5 heteroatoms. The Balaban J connectivity index is 1.94. The monoisotopic (exact) mass is 248 g/mol. The van der Waals surface area contributed by atoms with Crippen molar-refractivity contribution in [3.05, 3.63) is 0 Å². The third-order valence-corrected chi connectivity index (χ3v) is 4.54. The molecule has 0 saturated carbocycles. The molecule has 0 amide bonds. The summed E-state index contributed by atoms with van der Waals surface area (Å²) < 4.78 is 21.7. The second kappa shape index (κ2) is 6.71. The molecule has 1 rings (SSSR count). The van der Waals surface area contributed by atoms with Crippen molar-refractivity contribution in [3.63, 3.8) is 0 Å². The lowest BCUT2D eigenvalue weighted by molar-refractivity contribution is 0.0946. The molecule has 2 atom stereocenters. The minimum absolute atomic E-state index is 0.252. The van der Waals surface area contributed by atoms with E-state index < -0.39 is 8.56 Å². The quantitative estimate of drug-likeness (QED) is 0.355. The lowest BCUT2D eigenvalue weighted by atomic mass is 10.2. The third-order valence-electron chi connectivity index (χ3n) is 2.58. The Morgan fingerprint density at radius 1 is 1.44 bits per heavy atom. The maximum absolute atomic E-state index is 5.86. The van der Waals surface area contributed by atoms with Gasteiger partial charge in [0.2, 0.25) is 0 Å². The maximum Gasteiger partial charge on any atom is 0.331 e. The van der Waals surface area contributed by atoms with Crippen LogP contribution in [0.25, 0.3) is 0 Å². The van der Waals surface area contributed by atoms with Crippen molar-refractivity contribution in [2.45, 2.75) is 45.1 Å². The minimum atomic E-state index is -1.88. The standard InChI is InChI=1S/C11H24O4Si/c1-10(15-16(3,4)12-2)6-5-7-13-8-11-9-14-11/h10-11H,5-9H2,1-4H3. The molecule has 96 valence electrons. The van der Waals surface area contributed by atoms with Crippen LogP contribution in [0.4, 0.5) is 0 Å². The van der Waals surface area contributed by atoms with Crippen LogP contribution in [0.15, 0.2) is 0 Å². The summed E-state index contributed by atoms with van der Waals surface area (Å²) in [5.74, 6) is 0. The van der Waals surface area contributed by atoms with Gasteiger partial charge in [0.05, 0.1) is 13.2 Å². The van der Waals surface area contributed by atoms with Crippen LogP contribution in [0.3, 0.4) is 0 Å². The fourth-order valence-corrected chi connectivity index (χ4v) is 2.63. The first-order valence-corrected chi connectivity index (χ1v) is 8.77. The van der Waals surface area contributed by atoms with E-state index in [2.05, 4.69) is 20.0 Å². The summed E-state index contributed by atoms with van der Waals surface area (Å²) in [6.45, 7) is 8.62. The van der Waals surface area contributed by atoms with E-state index in [1.807, 2.05) is 0 Å². The van der Waals surface area contributed by atoms with Crippen LogP contribution >= 0.6 is 0 Å². The van der Waals surface area contributed by atoms with Crippen LogP contribution in [0, 0.1) is 0 Å². The van der Waals surface area contributed by atoms with Crippen LogP contribution in [-0.4, -0.2) is 47.7 Å². The Hall–Kier alpha value is 0.0569. The first-order valence-electron chi connectivity index (χ1n) is 5.96. The molecule has 0 radical (unpaired) electrons. The van der Waals surface area contributed by atoms with Crippen LogP contribution in [0.5, 0.6) is 0 Å². The first kappa shape index (κ1) is 14.1. The third kappa shape index (κ3) is 6.60.